The summed E-state index contributed by atoms with van der Waals surface area (Å²) in [5.41, 5.74) is 6.08. The number of carbonyl (C=O) groups excluding carboxylic acids is 5. The maximum Gasteiger partial charge on any atom is 0.305 e. The molecule has 2 saturated heterocycles. The molecule has 0 aromatic rings. The number of aliphatic hydroxyl groups excluding tert-OH is 1. The van der Waals surface area contributed by atoms with E-state index in [0.29, 0.717) is 38.9 Å². The van der Waals surface area contributed by atoms with Crippen LogP contribution in [-0.2, 0) is 33.6 Å². The molecule has 8 atom stereocenters. The van der Waals surface area contributed by atoms with Crippen molar-refractivity contribution in [1.82, 2.24) is 37.2 Å². The van der Waals surface area contributed by atoms with Crippen LogP contribution >= 0.6 is 0 Å². The zero-order chi connectivity index (χ0) is 39.7. The Morgan fingerprint density at radius 2 is 1.28 bits per heavy atom. The standard InChI is InChI=1S/C35H62N8O10/c1-19(2)11-22(12-29(45)39-21(14-33(50)51)5-6-32(48)49)40-35(53)25-17-38-10-8-27(25)42-31(47)15-28(20(3)4)43-30(46)13-23(18-44)41-34(52)24-16-37-9-7-26(24)36/h19-28,37-38,44H,5-18,36H2,1-4H3,(H,39,45)(H,40,53)(H,41,52)(H,42,47)(H,43,46)(H,48,49)(H,50,51)/t21-,22-,23+,24+,25+,26+,27+,28+/m0/s1. The summed E-state index contributed by atoms with van der Waals surface area (Å²) < 4.78 is 0. The number of nitrogens with two attached hydrogens (primary N) is 1. The average Bonchev–Trinajstić information content (AvgIpc) is 3.06. The zero-order valence-electron chi connectivity index (χ0n) is 31.4. The molecule has 302 valence electrons. The van der Waals surface area contributed by atoms with Gasteiger partial charge in [-0.05, 0) is 50.6 Å². The van der Waals surface area contributed by atoms with Crippen LogP contribution in [0.1, 0.15) is 85.5 Å². The highest BCUT2D eigenvalue weighted by Gasteiger charge is 2.35. The summed E-state index contributed by atoms with van der Waals surface area (Å²) in [4.78, 5) is 87.9. The lowest BCUT2D eigenvalue weighted by atomic mass is 9.90. The topological polar surface area (TPSA) is 290 Å². The largest absolute Gasteiger partial charge is 0.481 e. The molecule has 0 aromatic carbocycles. The van der Waals surface area contributed by atoms with Crippen molar-refractivity contribution in [2.24, 2.45) is 29.4 Å². The van der Waals surface area contributed by atoms with Crippen LogP contribution in [0.15, 0.2) is 0 Å². The number of carbonyl (C=O) groups is 7. The molecule has 0 aliphatic carbocycles. The summed E-state index contributed by atoms with van der Waals surface area (Å²) in [6.07, 6.45) is 0.311. The molecule has 2 fully saturated rings. The Balaban J connectivity index is 1.99. The molecule has 53 heavy (non-hydrogen) atoms. The molecule has 5 amide bonds. The lowest BCUT2D eigenvalue weighted by Crippen LogP contribution is -2.57. The molecule has 2 aliphatic heterocycles. The molecule has 12 N–H and O–H groups in total. The highest BCUT2D eigenvalue weighted by molar-refractivity contribution is 5.85. The number of aliphatic carboxylic acids is 2. The van der Waals surface area contributed by atoms with Gasteiger partial charge in [0.2, 0.25) is 29.5 Å². The van der Waals surface area contributed by atoms with Crippen LogP contribution in [0.4, 0.5) is 0 Å². The first-order chi connectivity index (χ1) is 25.0. The minimum Gasteiger partial charge on any atom is -0.481 e. The van der Waals surface area contributed by atoms with Gasteiger partial charge in [-0.3, -0.25) is 33.6 Å². The van der Waals surface area contributed by atoms with E-state index in [9.17, 15) is 43.8 Å². The SMILES string of the molecule is CC(C)C[C@@H](CC(=O)N[C@@H](CCC(=O)O)CC(=O)O)NC(=O)[C@@H]1CNCC[C@H]1NC(=O)C[C@@H](NC(=O)C[C@H](CO)NC(=O)[C@@H]1CNCC[C@H]1N)C(C)C. The Bertz CT molecular complexity index is 1250. The second kappa shape index (κ2) is 23.0. The number of carboxylic acid groups (broad SMARTS) is 2. The molecule has 0 spiro atoms. The molecular formula is C35H62N8O10. The van der Waals surface area contributed by atoms with Crippen LogP contribution in [0.25, 0.3) is 0 Å². The molecule has 2 heterocycles. The third-order valence-corrected chi connectivity index (χ3v) is 9.62. The number of nitrogens with one attached hydrogen (secondary N) is 7. The smallest absolute Gasteiger partial charge is 0.305 e. The van der Waals surface area contributed by atoms with E-state index in [0.717, 1.165) is 0 Å². The molecule has 18 nitrogen and oxygen atoms in total. The van der Waals surface area contributed by atoms with Crippen molar-refractivity contribution in [2.75, 3.05) is 32.8 Å². The van der Waals surface area contributed by atoms with Gasteiger partial charge in [0, 0.05) is 69.0 Å². The van der Waals surface area contributed by atoms with Gasteiger partial charge in [0.05, 0.1) is 30.9 Å². The summed E-state index contributed by atoms with van der Waals surface area (Å²) >= 11 is 0. The van der Waals surface area contributed by atoms with E-state index in [4.69, 9.17) is 10.8 Å². The van der Waals surface area contributed by atoms with Gasteiger partial charge in [-0.25, -0.2) is 0 Å². The van der Waals surface area contributed by atoms with E-state index in [2.05, 4.69) is 37.2 Å². The van der Waals surface area contributed by atoms with Crippen LogP contribution in [0.2, 0.25) is 0 Å². The second-order valence-electron chi connectivity index (χ2n) is 15.1. The van der Waals surface area contributed by atoms with Gasteiger partial charge in [0.1, 0.15) is 0 Å². The predicted molar refractivity (Wildman–Crippen MR) is 194 cm³/mol. The molecule has 0 bridgehead atoms. The fourth-order valence-corrected chi connectivity index (χ4v) is 6.67. The maximum atomic E-state index is 13.6. The zero-order valence-corrected chi connectivity index (χ0v) is 31.4. The molecule has 0 unspecified atom stereocenters. The fourth-order valence-electron chi connectivity index (χ4n) is 6.67. The molecule has 2 rings (SSSR count). The van der Waals surface area contributed by atoms with Crippen LogP contribution in [0.3, 0.4) is 0 Å². The lowest BCUT2D eigenvalue weighted by molar-refractivity contribution is -0.140. The first-order valence-electron chi connectivity index (χ1n) is 18.7. The normalized spacial score (nSPS) is 22.5. The van der Waals surface area contributed by atoms with Crippen LogP contribution < -0.4 is 43.0 Å². The third-order valence-electron chi connectivity index (χ3n) is 9.62. The van der Waals surface area contributed by atoms with E-state index >= 15 is 0 Å². The van der Waals surface area contributed by atoms with Crippen LogP contribution in [-0.4, -0.2) is 126 Å². The second-order valence-corrected chi connectivity index (χ2v) is 15.1. The summed E-state index contributed by atoms with van der Waals surface area (Å²) in [7, 11) is 0. The minimum absolute atomic E-state index is 0.0551. The highest BCUT2D eigenvalue weighted by atomic mass is 16.4. The number of hydrogen-bond acceptors (Lipinski definition) is 11. The molecule has 18 heteroatoms. The first kappa shape index (κ1) is 45.3. The predicted octanol–water partition coefficient (Wildman–Crippen LogP) is -1.84. The van der Waals surface area contributed by atoms with Gasteiger partial charge in [-0.2, -0.15) is 0 Å². The minimum atomic E-state index is -1.18. The van der Waals surface area contributed by atoms with Gasteiger partial charge >= 0.3 is 11.9 Å². The van der Waals surface area contributed by atoms with Crippen molar-refractivity contribution in [1.29, 1.82) is 0 Å². The average molecular weight is 755 g/mol. The van der Waals surface area contributed by atoms with E-state index in [1.54, 1.807) is 0 Å². The monoisotopic (exact) mass is 754 g/mol. The third kappa shape index (κ3) is 17.2. The summed E-state index contributed by atoms with van der Waals surface area (Å²) in [6.45, 7) is 9.04. The maximum absolute atomic E-state index is 13.6. The van der Waals surface area contributed by atoms with Gasteiger partial charge < -0.3 is 58.3 Å². The summed E-state index contributed by atoms with van der Waals surface area (Å²) in [5, 5.41) is 48.4. The van der Waals surface area contributed by atoms with Crippen molar-refractivity contribution in [3.63, 3.8) is 0 Å². The number of amides is 5. The van der Waals surface area contributed by atoms with E-state index in [1.165, 1.54) is 0 Å². The number of carboxylic acids is 2. The summed E-state index contributed by atoms with van der Waals surface area (Å²) in [5.74, 6) is -5.54. The molecular weight excluding hydrogens is 692 g/mol. The Morgan fingerprint density at radius 3 is 1.87 bits per heavy atom. The van der Waals surface area contributed by atoms with Crippen LogP contribution in [0.5, 0.6) is 0 Å². The van der Waals surface area contributed by atoms with Crippen molar-refractivity contribution >= 4 is 41.5 Å². The summed E-state index contributed by atoms with van der Waals surface area (Å²) in [6, 6.07) is -3.75. The van der Waals surface area contributed by atoms with Crippen molar-refractivity contribution in [3.05, 3.63) is 0 Å². The number of piperidine rings is 2. The number of hydrogen-bond donors (Lipinski definition) is 11. The Kier molecular flexibility index (Phi) is 19.7. The van der Waals surface area contributed by atoms with Gasteiger partial charge in [-0.15, -0.1) is 0 Å². The van der Waals surface area contributed by atoms with Crippen molar-refractivity contribution in [2.45, 2.75) is 122 Å². The van der Waals surface area contributed by atoms with E-state index in [-0.39, 0.29) is 74.2 Å². The van der Waals surface area contributed by atoms with Gasteiger partial charge in [0.15, 0.2) is 0 Å². The van der Waals surface area contributed by atoms with E-state index < -0.39 is 78.8 Å². The number of aliphatic hydroxyl groups is 1. The first-order valence-corrected chi connectivity index (χ1v) is 18.7. The van der Waals surface area contributed by atoms with Gasteiger partial charge in [-0.1, -0.05) is 27.7 Å². The Hall–Kier alpha value is -3.87. The molecule has 0 radical (unpaired) electrons. The number of rotatable bonds is 22. The molecule has 0 aromatic heterocycles. The quantitative estimate of drug-likeness (QED) is 0.0580. The van der Waals surface area contributed by atoms with Crippen molar-refractivity contribution < 1.29 is 48.9 Å². The Labute approximate surface area is 311 Å². The molecule has 2 aliphatic rings. The lowest BCUT2D eigenvalue weighted by Gasteiger charge is -2.34. The highest BCUT2D eigenvalue weighted by Crippen LogP contribution is 2.17. The molecule has 0 saturated carbocycles. The van der Waals surface area contributed by atoms with Crippen LogP contribution in [0, 0.1) is 23.7 Å². The van der Waals surface area contributed by atoms with E-state index in [1.807, 2.05) is 27.7 Å². The fraction of sp³-hybridized carbons (Fsp3) is 0.800. The Morgan fingerprint density at radius 1 is 0.698 bits per heavy atom. The van der Waals surface area contributed by atoms with Crippen molar-refractivity contribution in [3.8, 4) is 0 Å². The van der Waals surface area contributed by atoms with Gasteiger partial charge in [0.25, 0.3) is 0 Å².